The Morgan fingerprint density at radius 3 is 1.90 bits per heavy atom. The van der Waals surface area contributed by atoms with E-state index in [0.717, 1.165) is 32.1 Å². The van der Waals surface area contributed by atoms with E-state index in [1.54, 1.807) is 12.1 Å². The number of fused-ring (bicyclic) bond motifs is 1. The van der Waals surface area contributed by atoms with E-state index >= 15 is 0 Å². The Morgan fingerprint density at radius 2 is 1.50 bits per heavy atom. The second-order valence-corrected chi connectivity index (χ2v) is 9.37. The Bertz CT molecular complexity index is 2130. The topological polar surface area (TPSA) is 199 Å². The van der Waals surface area contributed by atoms with Crippen LogP contribution in [0.2, 0.25) is 0 Å². The molecular weight excluding hydrogens is 636 g/mol. The Labute approximate surface area is 302 Å². The molecular formula is C36H44N10O4. The van der Waals surface area contributed by atoms with Crippen LogP contribution in [-0.4, -0.2) is 38.2 Å². The van der Waals surface area contributed by atoms with Gasteiger partial charge >= 0.3 is 0 Å². The number of nitrogens with one attached hydrogen (secondary N) is 2. The lowest BCUT2D eigenvalue weighted by Gasteiger charge is -2.28. The molecule has 0 atom stereocenters. The number of imidazole rings is 1. The molecule has 1 amide bonds. The van der Waals surface area contributed by atoms with Crippen molar-refractivity contribution in [1.82, 2.24) is 20.1 Å². The number of pyridine rings is 1. The molecule has 0 spiro atoms. The first-order chi connectivity index (χ1) is 24.4. The van der Waals surface area contributed by atoms with Crippen LogP contribution in [0.1, 0.15) is 69.5 Å². The van der Waals surface area contributed by atoms with Gasteiger partial charge in [-0.3, -0.25) is 20.5 Å². The largest absolute Gasteiger partial charge is 0.378 e. The summed E-state index contributed by atoms with van der Waals surface area (Å²) < 4.78 is 7.63. The lowest BCUT2D eigenvalue weighted by atomic mass is 9.93. The molecule has 2 aliphatic carbocycles. The molecule has 0 aromatic carbocycles. The third-order valence-corrected chi connectivity index (χ3v) is 6.22. The van der Waals surface area contributed by atoms with Crippen LogP contribution in [0, 0.1) is 129 Å². The van der Waals surface area contributed by atoms with Gasteiger partial charge in [-0.1, -0.05) is 0 Å². The number of nitriles is 1. The molecule has 2 fully saturated rings. The van der Waals surface area contributed by atoms with E-state index in [2.05, 4.69) is 132 Å². The number of ether oxygens (including phenoxy) is 1. The number of anilines is 1. The third-order valence-electron chi connectivity index (χ3n) is 6.22. The fourth-order valence-electron chi connectivity index (χ4n) is 3.67. The maximum atomic E-state index is 12.3. The zero-order chi connectivity index (χ0) is 36.2. The number of rotatable bonds is 8. The Kier molecular flexibility index (Phi) is 18.0. The van der Waals surface area contributed by atoms with Crippen molar-refractivity contribution in [2.45, 2.75) is 57.1 Å². The zero-order valence-electron chi connectivity index (χ0n) is 26.5. The van der Waals surface area contributed by atoms with Gasteiger partial charge in [0.1, 0.15) is 17.3 Å². The van der Waals surface area contributed by atoms with E-state index in [1.165, 1.54) is 12.0 Å². The number of hydrazine groups is 1. The normalized spacial score (nSPS) is 11.5. The third kappa shape index (κ3) is 15.0. The average Bonchev–Trinajstić information content (AvgIpc) is 3.41. The highest BCUT2D eigenvalue weighted by molar-refractivity contribution is 5.91. The standard InChI is InChI=1S/C18H21N5O2.C18H2.H3N5O2.9H2/c19-11-12-7-8-15-17(20-12)23(13-3-1-4-13)18(21-15)22-16(24)9-10-25-14-5-2-6-14;1-3-5-7-9-11-13-15-17-18-16-14-12-10-8-6-4-2;1-2-3-4-5(6)7;;;;;;;;;/h7-8,13-14H,1-6,9-10H2,(H,21,22,24);1-2H;(H2,1,3)(H,2,4);9*1H. The number of hydrogen-bond donors (Lipinski definition) is 3. The van der Waals surface area contributed by atoms with E-state index < -0.39 is 5.03 Å². The van der Waals surface area contributed by atoms with Gasteiger partial charge < -0.3 is 14.9 Å². The number of hydrogen-bond acceptors (Lipinski definition) is 9. The van der Waals surface area contributed by atoms with Crippen LogP contribution < -0.4 is 16.7 Å². The second-order valence-electron chi connectivity index (χ2n) is 9.37. The monoisotopic (exact) mass is 680 g/mol. The number of nitro groups is 1. The first-order valence-corrected chi connectivity index (χ1v) is 14.5. The van der Waals surface area contributed by atoms with Crippen molar-refractivity contribution in [2.75, 3.05) is 11.9 Å². The Balaban J connectivity index is -0.000000115. The smallest absolute Gasteiger partial charge is 0.229 e. The Hall–Kier alpha value is -7.82. The zero-order valence-corrected chi connectivity index (χ0v) is 26.5. The van der Waals surface area contributed by atoms with Crippen molar-refractivity contribution in [3.63, 3.8) is 0 Å². The number of amides is 1. The van der Waals surface area contributed by atoms with Crippen molar-refractivity contribution < 1.29 is 27.4 Å². The van der Waals surface area contributed by atoms with Crippen LogP contribution in [0.25, 0.3) is 11.2 Å². The fraction of sp³-hybridized carbons (Fsp3) is 0.278. The minimum atomic E-state index is -0.879. The molecule has 4 rings (SSSR count). The lowest BCUT2D eigenvalue weighted by molar-refractivity contribution is -0.546. The van der Waals surface area contributed by atoms with Crippen molar-refractivity contribution in [1.29, 1.82) is 5.26 Å². The fourth-order valence-corrected chi connectivity index (χ4v) is 3.67. The SMILES string of the molecule is C#CC#CC#CC#CC#CC#CC#CC#CC#C.N#Cc1ccc2nc(NC(=O)CCOC3CCC3)n(C3CCC3)c2n1.NN=NN[N+](=O)[O-].[HH].[HH].[HH].[HH].[HH].[HH].[HH].[HH].[HH]. The summed E-state index contributed by atoms with van der Waals surface area (Å²) in [6.07, 6.45) is 17.1. The summed E-state index contributed by atoms with van der Waals surface area (Å²) in [6.45, 7) is 0.441. The number of nitrogens with two attached hydrogens (primary N) is 1. The predicted molar refractivity (Wildman–Crippen MR) is 202 cm³/mol. The van der Waals surface area contributed by atoms with E-state index in [1.807, 2.05) is 4.57 Å². The summed E-state index contributed by atoms with van der Waals surface area (Å²) >= 11 is 0. The number of aromatic nitrogens is 3. The number of nitrogens with zero attached hydrogens (tertiary/aromatic N) is 7. The molecule has 0 unspecified atom stereocenters. The van der Waals surface area contributed by atoms with Gasteiger partial charge in [0.2, 0.25) is 11.9 Å². The molecule has 2 heterocycles. The molecule has 2 aliphatic rings. The van der Waals surface area contributed by atoms with Crippen LogP contribution >= 0.6 is 0 Å². The highest BCUT2D eigenvalue weighted by Crippen LogP contribution is 2.36. The van der Waals surface area contributed by atoms with E-state index in [4.69, 9.17) is 22.8 Å². The molecule has 2 aromatic heterocycles. The first kappa shape index (κ1) is 38.4. The molecule has 0 saturated heterocycles. The van der Waals surface area contributed by atoms with Gasteiger partial charge in [0.05, 0.1) is 29.4 Å². The maximum Gasteiger partial charge on any atom is 0.229 e. The van der Waals surface area contributed by atoms with Gasteiger partial charge in [0.25, 0.3) is 0 Å². The van der Waals surface area contributed by atoms with Gasteiger partial charge in [-0.15, -0.1) is 12.8 Å². The molecule has 2 saturated carbocycles. The predicted octanol–water partition coefficient (Wildman–Crippen LogP) is 4.42. The summed E-state index contributed by atoms with van der Waals surface area (Å²) in [5, 5.41) is 25.5. The summed E-state index contributed by atoms with van der Waals surface area (Å²) in [5.41, 5.74) is 3.08. The second kappa shape index (κ2) is 23.5. The molecule has 2 aromatic rings. The summed E-state index contributed by atoms with van der Waals surface area (Å²) in [7, 11) is 0. The van der Waals surface area contributed by atoms with Crippen molar-refractivity contribution in [3.8, 4) is 114 Å². The van der Waals surface area contributed by atoms with Gasteiger partial charge in [-0.25, -0.2) is 9.97 Å². The van der Waals surface area contributed by atoms with Gasteiger partial charge in [-0.2, -0.15) is 5.26 Å². The lowest BCUT2D eigenvalue weighted by Crippen LogP contribution is -2.25. The van der Waals surface area contributed by atoms with E-state index in [-0.39, 0.29) is 24.8 Å². The van der Waals surface area contributed by atoms with Crippen molar-refractivity contribution in [3.05, 3.63) is 27.9 Å². The quantitative estimate of drug-likeness (QED) is 0.119. The van der Waals surface area contributed by atoms with Crippen LogP contribution in [-0.2, 0) is 9.53 Å². The summed E-state index contributed by atoms with van der Waals surface area (Å²) in [5.74, 6) is 43.0. The van der Waals surface area contributed by atoms with Crippen LogP contribution in [0.5, 0.6) is 0 Å². The molecule has 50 heavy (non-hydrogen) atoms. The van der Waals surface area contributed by atoms with Crippen LogP contribution in [0.4, 0.5) is 5.95 Å². The number of carbonyl (C=O) groups is 1. The molecule has 14 heteroatoms. The number of terminal acetylenes is 2. The molecule has 262 valence electrons. The molecule has 4 N–H and O–H groups in total. The van der Waals surface area contributed by atoms with Crippen LogP contribution in [0.15, 0.2) is 22.6 Å². The highest BCUT2D eigenvalue weighted by Gasteiger charge is 2.26. The average molecular weight is 681 g/mol. The number of carbonyl (C=O) groups excluding carboxylic acids is 1. The van der Waals surface area contributed by atoms with E-state index in [0.29, 0.717) is 41.9 Å². The summed E-state index contributed by atoms with van der Waals surface area (Å²) in [4.78, 5) is 30.4. The molecule has 14 nitrogen and oxygen atoms in total. The van der Waals surface area contributed by atoms with Crippen LogP contribution in [0.3, 0.4) is 0 Å². The molecule has 0 radical (unpaired) electrons. The minimum absolute atomic E-state index is 0. The Morgan fingerprint density at radius 1 is 0.960 bits per heavy atom. The first-order valence-electron chi connectivity index (χ1n) is 14.5. The molecule has 0 bridgehead atoms. The van der Waals surface area contributed by atoms with Crippen molar-refractivity contribution in [2.24, 2.45) is 16.3 Å². The van der Waals surface area contributed by atoms with Gasteiger partial charge in [-0.05, 0) is 145 Å². The highest BCUT2D eigenvalue weighted by atomic mass is 16.7. The van der Waals surface area contributed by atoms with Crippen molar-refractivity contribution >= 4 is 23.0 Å². The molecule has 0 aliphatic heterocycles. The van der Waals surface area contributed by atoms with Gasteiger partial charge in [0.15, 0.2) is 10.9 Å². The van der Waals surface area contributed by atoms with Gasteiger partial charge in [0, 0.05) is 24.4 Å². The maximum absolute atomic E-state index is 12.3. The minimum Gasteiger partial charge on any atom is -0.378 e. The summed E-state index contributed by atoms with van der Waals surface area (Å²) in [6, 6.07) is 5.78. The van der Waals surface area contributed by atoms with E-state index in [9.17, 15) is 14.9 Å².